The number of carbonyl (C=O) groups is 1. The number of benzene rings is 1. The second kappa shape index (κ2) is 5.56. The van der Waals surface area contributed by atoms with Crippen LogP contribution < -0.4 is 10.0 Å². The lowest BCUT2D eigenvalue weighted by Crippen LogP contribution is -2.26. The van der Waals surface area contributed by atoms with Crippen molar-refractivity contribution in [2.24, 2.45) is 0 Å². The number of hydrogen-bond donors (Lipinski definition) is 2. The summed E-state index contributed by atoms with van der Waals surface area (Å²) in [5.41, 5.74) is 2.91. The van der Waals surface area contributed by atoms with E-state index in [9.17, 15) is 13.2 Å². The van der Waals surface area contributed by atoms with E-state index in [1.165, 1.54) is 0 Å². The lowest BCUT2D eigenvalue weighted by atomic mass is 10.1. The van der Waals surface area contributed by atoms with E-state index in [4.69, 9.17) is 11.6 Å². The van der Waals surface area contributed by atoms with Gasteiger partial charge in [0.25, 0.3) is 15.9 Å². The molecule has 24 heavy (non-hydrogen) atoms. The molecule has 0 saturated carbocycles. The van der Waals surface area contributed by atoms with E-state index in [-0.39, 0.29) is 22.2 Å². The van der Waals surface area contributed by atoms with Gasteiger partial charge in [-0.15, -0.1) is 11.3 Å². The van der Waals surface area contributed by atoms with Crippen LogP contribution >= 0.6 is 22.9 Å². The van der Waals surface area contributed by atoms with Crippen LogP contribution in [0.5, 0.6) is 0 Å². The molecule has 0 fully saturated rings. The highest BCUT2D eigenvalue weighted by molar-refractivity contribution is 7.92. The van der Waals surface area contributed by atoms with Crippen LogP contribution in [0.15, 0.2) is 28.5 Å². The fourth-order valence-corrected chi connectivity index (χ4v) is 6.51. The summed E-state index contributed by atoms with van der Waals surface area (Å²) in [6.45, 7) is 1.77. The highest BCUT2D eigenvalue weighted by Gasteiger charge is 2.35. The highest BCUT2D eigenvalue weighted by atomic mass is 35.5. The first-order valence-corrected chi connectivity index (χ1v) is 10.3. The molecular formula is C16H15ClN2O3S2. The minimum atomic E-state index is -3.47. The van der Waals surface area contributed by atoms with Crippen molar-refractivity contribution in [3.8, 4) is 0 Å². The zero-order valence-electron chi connectivity index (χ0n) is 12.8. The number of nitrogens with one attached hydrogen (secondary N) is 2. The lowest BCUT2D eigenvalue weighted by Gasteiger charge is -2.13. The van der Waals surface area contributed by atoms with E-state index in [0.717, 1.165) is 35.3 Å². The molecule has 1 aliphatic heterocycles. The summed E-state index contributed by atoms with van der Waals surface area (Å²) in [6, 6.07) is 7.02. The Morgan fingerprint density at radius 3 is 2.88 bits per heavy atom. The largest absolute Gasteiger partial charge is 0.345 e. The van der Waals surface area contributed by atoms with Gasteiger partial charge in [0.05, 0.1) is 10.9 Å². The predicted molar refractivity (Wildman–Crippen MR) is 93.0 cm³/mol. The van der Waals surface area contributed by atoms with Crippen LogP contribution in [0.25, 0.3) is 0 Å². The summed E-state index contributed by atoms with van der Waals surface area (Å²) < 4.78 is 26.8. The fraction of sp³-hybridized carbons (Fsp3) is 0.312. The van der Waals surface area contributed by atoms with Crippen molar-refractivity contribution in [2.45, 2.75) is 36.1 Å². The van der Waals surface area contributed by atoms with Crippen molar-refractivity contribution < 1.29 is 13.2 Å². The molecule has 1 aromatic carbocycles. The van der Waals surface area contributed by atoms with Gasteiger partial charge in [-0.05, 0) is 49.1 Å². The van der Waals surface area contributed by atoms with Crippen molar-refractivity contribution in [1.82, 2.24) is 10.0 Å². The number of amides is 1. The molecule has 2 heterocycles. The summed E-state index contributed by atoms with van der Waals surface area (Å²) in [4.78, 5) is 13.0. The Labute approximate surface area is 149 Å². The maximum Gasteiger partial charge on any atom is 0.261 e. The Kier molecular flexibility index (Phi) is 3.72. The van der Waals surface area contributed by atoms with Crippen molar-refractivity contribution in [3.05, 3.63) is 50.9 Å². The molecule has 8 heteroatoms. The molecule has 126 valence electrons. The minimum absolute atomic E-state index is 0.0612. The molecule has 2 unspecified atom stereocenters. The Morgan fingerprint density at radius 1 is 1.33 bits per heavy atom. The Morgan fingerprint density at radius 2 is 2.12 bits per heavy atom. The van der Waals surface area contributed by atoms with E-state index in [0.29, 0.717) is 15.5 Å². The molecule has 2 atom stereocenters. The molecule has 0 radical (unpaired) electrons. The molecule has 0 spiro atoms. The SMILES string of the molecule is CC1NS(=O)(=O)c2sc(C(=O)NC3CCc4cc(Cl)ccc43)cc21. The summed E-state index contributed by atoms with van der Waals surface area (Å²) in [6.07, 6.45) is 1.69. The zero-order chi connectivity index (χ0) is 17.1. The van der Waals surface area contributed by atoms with Crippen LogP contribution in [-0.2, 0) is 16.4 Å². The lowest BCUT2D eigenvalue weighted by molar-refractivity contribution is 0.0941. The minimum Gasteiger partial charge on any atom is -0.345 e. The number of hydrogen-bond acceptors (Lipinski definition) is 4. The molecule has 2 aliphatic rings. The van der Waals surface area contributed by atoms with Crippen molar-refractivity contribution in [3.63, 3.8) is 0 Å². The first-order chi connectivity index (χ1) is 11.3. The predicted octanol–water partition coefficient (Wildman–Crippen LogP) is 3.17. The zero-order valence-corrected chi connectivity index (χ0v) is 15.2. The topological polar surface area (TPSA) is 75.3 Å². The van der Waals surface area contributed by atoms with Crippen molar-refractivity contribution in [1.29, 1.82) is 0 Å². The van der Waals surface area contributed by atoms with Gasteiger partial charge in [-0.25, -0.2) is 13.1 Å². The number of rotatable bonds is 2. The van der Waals surface area contributed by atoms with E-state index in [2.05, 4.69) is 10.0 Å². The van der Waals surface area contributed by atoms with Crippen LogP contribution in [0.2, 0.25) is 5.02 Å². The normalized spacial score (nSPS) is 23.8. The molecular weight excluding hydrogens is 368 g/mol. The maximum atomic E-state index is 12.6. The Hall–Kier alpha value is -1.41. The molecule has 2 N–H and O–H groups in total. The quantitative estimate of drug-likeness (QED) is 0.837. The molecule has 4 rings (SSSR count). The van der Waals surface area contributed by atoms with Gasteiger partial charge >= 0.3 is 0 Å². The summed E-state index contributed by atoms with van der Waals surface area (Å²) in [5.74, 6) is -0.232. The van der Waals surface area contributed by atoms with Gasteiger partial charge < -0.3 is 5.32 Å². The molecule has 1 aliphatic carbocycles. The number of aryl methyl sites for hydroxylation is 1. The van der Waals surface area contributed by atoms with E-state index < -0.39 is 10.0 Å². The molecule has 2 aromatic rings. The number of halogens is 1. The summed E-state index contributed by atoms with van der Waals surface area (Å²) in [5, 5.41) is 3.71. The van der Waals surface area contributed by atoms with Crippen LogP contribution in [-0.4, -0.2) is 14.3 Å². The first-order valence-electron chi connectivity index (χ1n) is 7.60. The van der Waals surface area contributed by atoms with Gasteiger partial charge in [0, 0.05) is 16.6 Å². The molecule has 0 saturated heterocycles. The number of thiophene rings is 1. The van der Waals surface area contributed by atoms with Crippen LogP contribution in [0.1, 0.15) is 51.8 Å². The average Bonchev–Trinajstić information content (AvgIpc) is 3.16. The Balaban J connectivity index is 1.58. The monoisotopic (exact) mass is 382 g/mol. The van der Waals surface area contributed by atoms with E-state index >= 15 is 0 Å². The van der Waals surface area contributed by atoms with E-state index in [1.54, 1.807) is 13.0 Å². The third kappa shape index (κ3) is 2.56. The van der Waals surface area contributed by atoms with Gasteiger partial charge in [-0.3, -0.25) is 4.79 Å². The summed E-state index contributed by atoms with van der Waals surface area (Å²) >= 11 is 7.03. The smallest absolute Gasteiger partial charge is 0.261 e. The van der Waals surface area contributed by atoms with Gasteiger partial charge in [-0.2, -0.15) is 0 Å². The molecule has 5 nitrogen and oxygen atoms in total. The van der Waals surface area contributed by atoms with Gasteiger partial charge in [-0.1, -0.05) is 17.7 Å². The second-order valence-corrected chi connectivity index (χ2v) is 9.50. The van der Waals surface area contributed by atoms with Gasteiger partial charge in [0.1, 0.15) is 4.21 Å². The average molecular weight is 383 g/mol. The maximum absolute atomic E-state index is 12.6. The number of carbonyl (C=O) groups excluding carboxylic acids is 1. The molecule has 1 aromatic heterocycles. The fourth-order valence-electron chi connectivity index (χ4n) is 3.33. The standard InChI is InChI=1S/C16H15ClN2O3S2/c1-8-12-7-14(23-16(12)24(21,22)19-8)15(20)18-13-5-2-9-6-10(17)3-4-11(9)13/h3-4,6-8,13,19H,2,5H2,1H3,(H,18,20). The first kappa shape index (κ1) is 16.1. The van der Waals surface area contributed by atoms with Crippen LogP contribution in [0.3, 0.4) is 0 Å². The molecule has 1 amide bonds. The second-order valence-electron chi connectivity index (χ2n) is 6.10. The third-order valence-electron chi connectivity index (χ3n) is 4.48. The van der Waals surface area contributed by atoms with Crippen molar-refractivity contribution >= 4 is 38.9 Å². The van der Waals surface area contributed by atoms with Gasteiger partial charge in [0.15, 0.2) is 0 Å². The Bertz CT molecular complexity index is 952. The van der Waals surface area contributed by atoms with Gasteiger partial charge in [0.2, 0.25) is 0 Å². The highest BCUT2D eigenvalue weighted by Crippen LogP contribution is 2.38. The number of sulfonamides is 1. The molecule has 0 bridgehead atoms. The summed E-state index contributed by atoms with van der Waals surface area (Å²) in [7, 11) is -3.47. The van der Waals surface area contributed by atoms with Crippen molar-refractivity contribution in [2.75, 3.05) is 0 Å². The van der Waals surface area contributed by atoms with E-state index in [1.807, 2.05) is 18.2 Å². The van der Waals surface area contributed by atoms with Crippen LogP contribution in [0.4, 0.5) is 0 Å². The third-order valence-corrected chi connectivity index (χ3v) is 7.95. The van der Waals surface area contributed by atoms with Crippen LogP contribution in [0, 0.1) is 0 Å². The number of fused-ring (bicyclic) bond motifs is 2.